The summed E-state index contributed by atoms with van der Waals surface area (Å²) in [6, 6.07) is 6.09. The maximum Gasteiger partial charge on any atom is 0.416 e. The lowest BCUT2D eigenvalue weighted by atomic mass is 9.91. The number of hydrogen-bond acceptors (Lipinski definition) is 2. The second-order valence-electron chi connectivity index (χ2n) is 7.95. The van der Waals surface area contributed by atoms with Crippen LogP contribution < -0.4 is 5.32 Å². The third-order valence-corrected chi connectivity index (χ3v) is 5.78. The second kappa shape index (κ2) is 9.73. The van der Waals surface area contributed by atoms with Crippen LogP contribution in [-0.4, -0.2) is 40.6 Å². The third-order valence-electron chi connectivity index (χ3n) is 5.52. The van der Waals surface area contributed by atoms with Crippen molar-refractivity contribution in [2.75, 3.05) is 6.54 Å². The highest BCUT2D eigenvalue weighted by molar-refractivity contribution is 6.30. The van der Waals surface area contributed by atoms with E-state index in [4.69, 9.17) is 16.7 Å². The largest absolute Gasteiger partial charge is 0.465 e. The van der Waals surface area contributed by atoms with Crippen LogP contribution in [0, 0.1) is 0 Å². The van der Waals surface area contributed by atoms with Gasteiger partial charge in [0.1, 0.15) is 0 Å². The minimum atomic E-state index is -5.09. The molecule has 0 unspecified atom stereocenters. The molecule has 2 aromatic carbocycles. The van der Waals surface area contributed by atoms with Crippen LogP contribution >= 0.6 is 11.6 Å². The van der Waals surface area contributed by atoms with Gasteiger partial charge in [-0.25, -0.2) is 4.79 Å². The Morgan fingerprint density at radius 1 is 1.00 bits per heavy atom. The molecular weight excluding hydrogens is 490 g/mol. The molecule has 2 amide bonds. The van der Waals surface area contributed by atoms with Crippen LogP contribution in [0.3, 0.4) is 0 Å². The van der Waals surface area contributed by atoms with E-state index in [0.717, 1.165) is 0 Å². The summed E-state index contributed by atoms with van der Waals surface area (Å²) in [5.74, 6) is -0.996. The number of hydrogen-bond donors (Lipinski definition) is 2. The van der Waals surface area contributed by atoms with Crippen molar-refractivity contribution in [2.45, 2.75) is 43.7 Å². The predicted octanol–water partition coefficient (Wildman–Crippen LogP) is 5.86. The molecule has 1 fully saturated rings. The number of carbonyl (C=O) groups is 2. The fraction of sp³-hybridized carbons (Fsp3) is 0.364. The third kappa shape index (κ3) is 6.34. The fourth-order valence-corrected chi connectivity index (χ4v) is 4.08. The van der Waals surface area contributed by atoms with E-state index in [1.807, 2.05) is 0 Å². The Balaban J connectivity index is 1.96. The molecule has 1 saturated heterocycles. The molecule has 5 nitrogen and oxygen atoms in total. The number of nitrogens with one attached hydrogen (secondary N) is 1. The molecule has 0 aromatic heterocycles. The highest BCUT2D eigenvalue weighted by atomic mass is 35.5. The summed E-state index contributed by atoms with van der Waals surface area (Å²) in [6.07, 6.45) is -11.0. The molecule has 12 heteroatoms. The number of piperidine rings is 1. The monoisotopic (exact) mass is 508 g/mol. The van der Waals surface area contributed by atoms with E-state index in [1.165, 1.54) is 4.90 Å². The number of likely N-dealkylation sites (tertiary alicyclic amines) is 1. The van der Waals surface area contributed by atoms with Gasteiger partial charge in [0, 0.05) is 29.2 Å². The van der Waals surface area contributed by atoms with Gasteiger partial charge in [0.25, 0.3) is 5.91 Å². The van der Waals surface area contributed by atoms with Crippen LogP contribution in [0.4, 0.5) is 31.1 Å². The number of amides is 2. The predicted molar refractivity (Wildman–Crippen MR) is 111 cm³/mol. The molecule has 1 aliphatic rings. The Labute approximate surface area is 195 Å². The number of alkyl halides is 6. The highest BCUT2D eigenvalue weighted by Gasteiger charge is 2.39. The Hall–Kier alpha value is -2.95. The summed E-state index contributed by atoms with van der Waals surface area (Å²) >= 11 is 5.87. The first-order valence-corrected chi connectivity index (χ1v) is 10.5. The van der Waals surface area contributed by atoms with Crippen LogP contribution in [0.2, 0.25) is 5.02 Å². The minimum absolute atomic E-state index is 0.0367. The van der Waals surface area contributed by atoms with Gasteiger partial charge in [-0.3, -0.25) is 4.79 Å². The van der Waals surface area contributed by atoms with E-state index in [-0.39, 0.29) is 31.9 Å². The summed E-state index contributed by atoms with van der Waals surface area (Å²) in [7, 11) is 0. The molecule has 2 N–H and O–H groups in total. The van der Waals surface area contributed by atoms with Gasteiger partial charge in [-0.2, -0.15) is 26.3 Å². The van der Waals surface area contributed by atoms with Gasteiger partial charge in [0.2, 0.25) is 0 Å². The van der Waals surface area contributed by atoms with E-state index < -0.39 is 53.1 Å². The molecule has 1 aliphatic heterocycles. The van der Waals surface area contributed by atoms with E-state index in [2.05, 4.69) is 5.32 Å². The van der Waals surface area contributed by atoms with Crippen molar-refractivity contribution < 1.29 is 41.0 Å². The molecule has 2 aromatic rings. The summed E-state index contributed by atoms with van der Waals surface area (Å²) in [4.78, 5) is 25.4. The van der Waals surface area contributed by atoms with E-state index in [1.54, 1.807) is 24.3 Å². The quantitative estimate of drug-likeness (QED) is 0.508. The summed E-state index contributed by atoms with van der Waals surface area (Å²) in [5, 5.41) is 11.8. The minimum Gasteiger partial charge on any atom is -0.465 e. The fourth-order valence-electron chi connectivity index (χ4n) is 3.95. The average Bonchev–Trinajstić information content (AvgIpc) is 2.73. The van der Waals surface area contributed by atoms with Crippen molar-refractivity contribution in [3.63, 3.8) is 0 Å². The van der Waals surface area contributed by atoms with Gasteiger partial charge < -0.3 is 15.3 Å². The zero-order chi connectivity index (χ0) is 25.3. The van der Waals surface area contributed by atoms with E-state index >= 15 is 0 Å². The van der Waals surface area contributed by atoms with Gasteiger partial charge in [-0.1, -0.05) is 23.7 Å². The number of benzene rings is 2. The molecule has 0 spiro atoms. The van der Waals surface area contributed by atoms with Crippen molar-refractivity contribution in [1.29, 1.82) is 0 Å². The number of rotatable bonds is 4. The molecule has 34 heavy (non-hydrogen) atoms. The normalized spacial score (nSPS) is 19.1. The molecule has 2 atom stereocenters. The van der Waals surface area contributed by atoms with Gasteiger partial charge >= 0.3 is 18.4 Å². The summed E-state index contributed by atoms with van der Waals surface area (Å²) in [5.41, 5.74) is -3.19. The zero-order valence-corrected chi connectivity index (χ0v) is 18.1. The van der Waals surface area contributed by atoms with Gasteiger partial charge in [-0.05, 0) is 55.2 Å². The lowest BCUT2D eigenvalue weighted by molar-refractivity contribution is -0.143. The average molecular weight is 509 g/mol. The topological polar surface area (TPSA) is 69.6 Å². The van der Waals surface area contributed by atoms with Gasteiger partial charge in [0.05, 0.1) is 11.1 Å². The Morgan fingerprint density at radius 3 is 2.06 bits per heavy atom. The first-order chi connectivity index (χ1) is 15.7. The van der Waals surface area contributed by atoms with Crippen molar-refractivity contribution in [3.8, 4) is 0 Å². The van der Waals surface area contributed by atoms with Crippen molar-refractivity contribution >= 4 is 23.6 Å². The van der Waals surface area contributed by atoms with Crippen LogP contribution in [0.5, 0.6) is 0 Å². The maximum absolute atomic E-state index is 13.2. The van der Waals surface area contributed by atoms with Crippen molar-refractivity contribution in [2.24, 2.45) is 0 Å². The molecule has 1 heterocycles. The zero-order valence-electron chi connectivity index (χ0n) is 17.4. The molecule has 0 aliphatic carbocycles. The Morgan fingerprint density at radius 2 is 1.56 bits per heavy atom. The second-order valence-corrected chi connectivity index (χ2v) is 8.38. The van der Waals surface area contributed by atoms with Crippen LogP contribution in [0.1, 0.15) is 39.9 Å². The number of nitrogens with zero attached hydrogens (tertiary/aromatic N) is 1. The molecule has 3 rings (SSSR count). The van der Waals surface area contributed by atoms with Crippen molar-refractivity contribution in [3.05, 3.63) is 69.7 Å². The first kappa shape index (κ1) is 25.7. The van der Waals surface area contributed by atoms with Gasteiger partial charge in [0.15, 0.2) is 0 Å². The number of carboxylic acid groups (broad SMARTS) is 1. The highest BCUT2D eigenvalue weighted by Crippen LogP contribution is 2.37. The van der Waals surface area contributed by atoms with Gasteiger partial charge in [-0.15, -0.1) is 0 Å². The van der Waals surface area contributed by atoms with Crippen LogP contribution in [-0.2, 0) is 18.8 Å². The molecule has 0 radical (unpaired) electrons. The van der Waals surface area contributed by atoms with Crippen LogP contribution in [0.15, 0.2) is 42.5 Å². The standard InChI is InChI=1S/C22H19ClF6N2O3/c23-16-3-1-12(2-4-16)7-18-11-17(30-20(33)34)5-6-31(18)19(32)13-8-14(21(24,25)26)10-15(9-13)22(27,28)29/h1-4,8-10,17-18,30H,5-7,11H2,(H,33,34)/t17-,18-/m0/s1. The Kier molecular flexibility index (Phi) is 7.35. The molecule has 0 saturated carbocycles. The number of carbonyl (C=O) groups excluding carboxylic acids is 1. The van der Waals surface area contributed by atoms with E-state index in [0.29, 0.717) is 22.7 Å². The SMILES string of the molecule is O=C(O)N[C@H]1CCN(C(=O)c2cc(C(F)(F)F)cc(C(F)(F)F)c2)[C@@H](Cc2ccc(Cl)cc2)C1. The maximum atomic E-state index is 13.2. The summed E-state index contributed by atoms with van der Waals surface area (Å²) < 4.78 is 79.5. The number of halogens is 7. The molecular formula is C22H19ClF6N2O3. The lowest BCUT2D eigenvalue weighted by Crippen LogP contribution is -2.52. The lowest BCUT2D eigenvalue weighted by Gasteiger charge is -2.40. The van der Waals surface area contributed by atoms with Crippen LogP contribution in [0.25, 0.3) is 0 Å². The van der Waals surface area contributed by atoms with E-state index in [9.17, 15) is 35.9 Å². The molecule has 0 bridgehead atoms. The summed E-state index contributed by atoms with van der Waals surface area (Å²) in [6.45, 7) is -0.0559. The Bertz CT molecular complexity index is 1020. The first-order valence-electron chi connectivity index (χ1n) is 10.1. The molecule has 184 valence electrons. The smallest absolute Gasteiger partial charge is 0.416 e. The van der Waals surface area contributed by atoms with Crippen molar-refractivity contribution in [1.82, 2.24) is 10.2 Å².